The summed E-state index contributed by atoms with van der Waals surface area (Å²) in [7, 11) is 1.66. The van der Waals surface area contributed by atoms with Crippen LogP contribution in [0.4, 0.5) is 0 Å². The van der Waals surface area contributed by atoms with E-state index in [4.69, 9.17) is 37.4 Å². The summed E-state index contributed by atoms with van der Waals surface area (Å²) in [4.78, 5) is 0. The number of ether oxygens (including phenoxy) is 3. The van der Waals surface area contributed by atoms with Gasteiger partial charge in [-0.05, 0) is 60.7 Å². The average Bonchev–Trinajstić information content (AvgIpc) is 2.94. The lowest BCUT2D eigenvalue weighted by Crippen LogP contribution is -2.13. The van der Waals surface area contributed by atoms with Gasteiger partial charge < -0.3 is 19.3 Å². The topological polar surface area (TPSA) is 47.9 Å². The van der Waals surface area contributed by atoms with Gasteiger partial charge in [0.15, 0.2) is 0 Å². The van der Waals surface area contributed by atoms with E-state index in [2.05, 4.69) is 111 Å². The highest BCUT2D eigenvalue weighted by atomic mass is 79.9. The van der Waals surface area contributed by atoms with Gasteiger partial charge in [-0.15, -0.1) is 70.5 Å². The van der Waals surface area contributed by atoms with Crippen molar-refractivity contribution in [2.75, 3.05) is 18.9 Å². The highest BCUT2D eigenvalue weighted by Gasteiger charge is 2.31. The first-order chi connectivity index (χ1) is 20.5. The van der Waals surface area contributed by atoms with Crippen LogP contribution in [0.2, 0.25) is 0 Å². The second kappa shape index (κ2) is 16.3. The highest BCUT2D eigenvalue weighted by molar-refractivity contribution is 9.69. The normalized spacial score (nSPS) is 15.4. The summed E-state index contributed by atoms with van der Waals surface area (Å²) >= 11 is 35.4. The first kappa shape index (κ1) is 35.9. The Bertz CT molecular complexity index is 1620. The van der Waals surface area contributed by atoms with Crippen molar-refractivity contribution in [3.8, 4) is 34.5 Å². The van der Waals surface area contributed by atoms with Crippen molar-refractivity contribution >= 4 is 137 Å². The van der Waals surface area contributed by atoms with E-state index in [0.29, 0.717) is 17.5 Å². The largest absolute Gasteiger partial charge is 0.507 e. The number of rotatable bonds is 3. The van der Waals surface area contributed by atoms with E-state index in [1.165, 1.54) is 0 Å². The summed E-state index contributed by atoms with van der Waals surface area (Å²) in [6.45, 7) is 0. The second-order valence-electron chi connectivity index (χ2n) is 9.09. The summed E-state index contributed by atoms with van der Waals surface area (Å²) in [6, 6.07) is 19.2. The van der Waals surface area contributed by atoms with Crippen LogP contribution in [0.1, 0.15) is 34.1 Å². The molecule has 43 heavy (non-hydrogen) atoms. The molecule has 226 valence electrons. The zero-order valence-electron chi connectivity index (χ0n) is 22.0. The number of benzene rings is 4. The van der Waals surface area contributed by atoms with Gasteiger partial charge in [0, 0.05) is 63.7 Å². The molecule has 6 rings (SSSR count). The van der Waals surface area contributed by atoms with Gasteiger partial charge in [0.05, 0.1) is 7.11 Å². The van der Waals surface area contributed by atoms with Gasteiger partial charge >= 0.3 is 3.18 Å². The number of aromatic hydroxyl groups is 1. The number of halogens is 9. The smallest absolute Gasteiger partial charge is 0.369 e. The van der Waals surface area contributed by atoms with Gasteiger partial charge in [-0.2, -0.15) is 0 Å². The minimum absolute atomic E-state index is 0.0518. The number of phenols is 1. The maximum atomic E-state index is 10.2. The molecule has 0 aliphatic carbocycles. The van der Waals surface area contributed by atoms with Crippen molar-refractivity contribution in [2.24, 2.45) is 0 Å². The predicted octanol–water partition coefficient (Wildman–Crippen LogP) is 13.2. The fraction of sp³-hybridized carbons (Fsp3) is 0.172. The first-order valence-electron chi connectivity index (χ1n) is 12.4. The van der Waals surface area contributed by atoms with Gasteiger partial charge in [-0.3, -0.25) is 0 Å². The molecule has 0 aromatic heterocycles. The number of methoxy groups -OCH3 is 1. The highest BCUT2D eigenvalue weighted by Crippen LogP contribution is 2.51. The van der Waals surface area contributed by atoms with Crippen molar-refractivity contribution in [3.63, 3.8) is 0 Å². The van der Waals surface area contributed by atoms with E-state index in [9.17, 15) is 5.11 Å². The molecule has 2 aliphatic heterocycles. The lowest BCUT2D eigenvalue weighted by molar-refractivity contribution is 0.391. The molecule has 0 saturated heterocycles. The monoisotopic (exact) mass is 1070 g/mol. The minimum Gasteiger partial charge on any atom is -0.507 e. The van der Waals surface area contributed by atoms with Crippen LogP contribution in [-0.2, 0) is 0 Å². The summed E-state index contributed by atoms with van der Waals surface area (Å²) in [5.41, 5.74) is 3.79. The molecule has 4 aromatic carbocycles. The molecule has 4 aromatic rings. The number of fused-ring (bicyclic) bond motifs is 4. The second-order valence-corrected chi connectivity index (χ2v) is 19.8. The molecule has 4 nitrogen and oxygen atoms in total. The van der Waals surface area contributed by atoms with E-state index >= 15 is 0 Å². The fourth-order valence-electron chi connectivity index (χ4n) is 4.82. The number of alkyl halides is 2. The Morgan fingerprint density at radius 2 is 1.12 bits per heavy atom. The lowest BCUT2D eigenvalue weighted by atomic mass is 9.89. The predicted molar refractivity (Wildman–Crippen MR) is 203 cm³/mol. The molecular formula is C29H20BBr7Cl2O4. The van der Waals surface area contributed by atoms with Crippen LogP contribution < -0.4 is 14.2 Å². The minimum atomic E-state index is -0.0778. The molecule has 0 spiro atoms. The number of hydrogen-bond acceptors (Lipinski definition) is 4. The Labute approximate surface area is 319 Å². The maximum Gasteiger partial charge on any atom is 0.369 e. The lowest BCUT2D eigenvalue weighted by Gasteiger charge is -2.28. The van der Waals surface area contributed by atoms with E-state index in [-0.39, 0.29) is 20.8 Å². The summed E-state index contributed by atoms with van der Waals surface area (Å²) in [5.74, 6) is 4.86. The van der Waals surface area contributed by atoms with E-state index < -0.39 is 0 Å². The molecule has 14 heteroatoms. The SMILES string of the molecule is BrB(Br)Br.COc1cc(Br)cc2c1C(CCl)c1cc(Br)ccc1O2.Oc1cc(Br)cc2c1C(CCl)c1cc(Br)ccc1O2. The van der Waals surface area contributed by atoms with Crippen LogP contribution in [0.3, 0.4) is 0 Å². The first-order valence-corrected chi connectivity index (χ1v) is 19.3. The zero-order valence-corrected chi connectivity index (χ0v) is 34.6. The molecule has 0 fully saturated rings. The molecule has 1 N–H and O–H groups in total. The summed E-state index contributed by atoms with van der Waals surface area (Å²) < 4.78 is 21.3. The van der Waals surface area contributed by atoms with Crippen LogP contribution in [0, 0.1) is 0 Å². The van der Waals surface area contributed by atoms with E-state index in [1.54, 1.807) is 13.2 Å². The Hall–Kier alpha value is 0.0849. The van der Waals surface area contributed by atoms with Gasteiger partial charge in [0.25, 0.3) is 0 Å². The Balaban J connectivity index is 0.000000176. The Kier molecular flexibility index (Phi) is 13.6. The Morgan fingerprint density at radius 3 is 1.58 bits per heavy atom. The van der Waals surface area contributed by atoms with E-state index in [1.807, 2.05) is 54.6 Å². The van der Waals surface area contributed by atoms with Crippen molar-refractivity contribution in [1.82, 2.24) is 0 Å². The van der Waals surface area contributed by atoms with Crippen LogP contribution >= 0.6 is 134 Å². The Morgan fingerprint density at radius 1 is 0.674 bits per heavy atom. The van der Waals surface area contributed by atoms with Crippen LogP contribution in [0.15, 0.2) is 78.6 Å². The van der Waals surface area contributed by atoms with Crippen molar-refractivity contribution in [2.45, 2.75) is 11.8 Å². The molecule has 2 aliphatic rings. The van der Waals surface area contributed by atoms with Crippen LogP contribution in [0.5, 0.6) is 34.5 Å². The standard InChI is InChI=1S/C15H11Br2ClO2.C14H9Br2ClO2.BBr3/c1-19-13-5-9(17)6-14-15(13)11(7-18)10-4-8(16)2-3-12(10)20-14;15-7-1-2-12-9(3-7)10(6-17)14-11(18)4-8(16)5-13(14)19-12;2-1(3)4/h2-6,11H,7H2,1H3;1-5,10,18H,6H2;. The fourth-order valence-corrected chi connectivity index (χ4v) is 7.06. The molecule has 0 amide bonds. The molecular weight excluding hydrogens is 1050 g/mol. The molecule has 0 radical (unpaired) electrons. The van der Waals surface area contributed by atoms with Crippen molar-refractivity contribution < 1.29 is 19.3 Å². The van der Waals surface area contributed by atoms with E-state index in [0.717, 1.165) is 63.1 Å². The number of hydrogen-bond donors (Lipinski definition) is 1. The average molecular weight is 1070 g/mol. The number of phenolic OH excluding ortho intramolecular Hbond substituents is 1. The van der Waals surface area contributed by atoms with Gasteiger partial charge in [-0.25, -0.2) is 0 Å². The quantitative estimate of drug-likeness (QED) is 0.164. The van der Waals surface area contributed by atoms with Gasteiger partial charge in [0.1, 0.15) is 34.5 Å². The van der Waals surface area contributed by atoms with Crippen LogP contribution in [0.25, 0.3) is 0 Å². The molecule has 2 atom stereocenters. The molecule has 2 heterocycles. The zero-order chi connectivity index (χ0) is 31.4. The third-order valence-corrected chi connectivity index (χ3v) is 9.03. The van der Waals surface area contributed by atoms with Gasteiger partial charge in [0.2, 0.25) is 0 Å². The summed E-state index contributed by atoms with van der Waals surface area (Å²) in [6.07, 6.45) is 0. The molecule has 2 unspecified atom stereocenters. The molecule has 0 saturated carbocycles. The summed E-state index contributed by atoms with van der Waals surface area (Å²) in [5, 5.41) is 10.2. The third-order valence-electron chi connectivity index (χ3n) is 6.51. The van der Waals surface area contributed by atoms with Gasteiger partial charge in [-0.1, -0.05) is 63.7 Å². The maximum absolute atomic E-state index is 10.2. The third kappa shape index (κ3) is 8.72. The van der Waals surface area contributed by atoms with Crippen molar-refractivity contribution in [1.29, 1.82) is 0 Å². The molecule has 0 bridgehead atoms. The van der Waals surface area contributed by atoms with Crippen molar-refractivity contribution in [3.05, 3.63) is 101 Å². The van der Waals surface area contributed by atoms with Crippen LogP contribution in [-0.4, -0.2) is 27.2 Å².